The summed E-state index contributed by atoms with van der Waals surface area (Å²) in [6.45, 7) is 3.91. The molecule has 1 amide bonds. The Kier molecular flexibility index (Phi) is 6.61. The third-order valence-electron chi connectivity index (χ3n) is 7.04. The molecule has 2 aliphatic rings. The van der Waals surface area contributed by atoms with E-state index in [9.17, 15) is 4.79 Å². The number of ether oxygens (including phenoxy) is 1. The molecule has 1 aliphatic heterocycles. The lowest BCUT2D eigenvalue weighted by Crippen LogP contribution is -2.39. The summed E-state index contributed by atoms with van der Waals surface area (Å²) in [7, 11) is 3.55. The van der Waals surface area contributed by atoms with Crippen molar-refractivity contribution < 1.29 is 13.9 Å². The van der Waals surface area contributed by atoms with E-state index in [0.29, 0.717) is 60.8 Å². The highest BCUT2D eigenvalue weighted by atomic mass is 35.5. The van der Waals surface area contributed by atoms with Crippen LogP contribution in [0.25, 0.3) is 11.0 Å². The van der Waals surface area contributed by atoms with Crippen LogP contribution in [-0.4, -0.2) is 71.1 Å². The highest BCUT2D eigenvalue weighted by Crippen LogP contribution is 2.29. The molecule has 1 fully saturated rings. The first kappa shape index (κ1) is 23.9. The van der Waals surface area contributed by atoms with E-state index in [4.69, 9.17) is 16.3 Å². The average molecular weight is 502 g/mol. The zero-order valence-electron chi connectivity index (χ0n) is 20.0. The van der Waals surface area contributed by atoms with Crippen molar-refractivity contribution in [3.05, 3.63) is 46.1 Å². The number of aromatic nitrogens is 4. The van der Waals surface area contributed by atoms with Crippen molar-refractivity contribution in [2.45, 2.75) is 50.9 Å². The minimum atomic E-state index is -0.353. The van der Waals surface area contributed by atoms with E-state index in [2.05, 4.69) is 25.8 Å². The summed E-state index contributed by atoms with van der Waals surface area (Å²) in [6.07, 6.45) is 3.63. The normalized spacial score (nSPS) is 22.0. The fraction of sp³-hybridized carbons (Fsp3) is 0.500. The van der Waals surface area contributed by atoms with Crippen LogP contribution >= 0.6 is 11.6 Å². The summed E-state index contributed by atoms with van der Waals surface area (Å²) >= 11 is 6.31. The van der Waals surface area contributed by atoms with Gasteiger partial charge in [0.05, 0.1) is 17.2 Å². The van der Waals surface area contributed by atoms with Crippen LogP contribution in [-0.2, 0) is 24.1 Å². The number of methoxy groups -OCH3 is 1. The molecule has 5 rings (SSSR count). The number of pyridine rings is 1. The Balaban J connectivity index is 1.29. The number of nitrogens with zero attached hydrogens (tertiary/aromatic N) is 5. The predicted molar refractivity (Wildman–Crippen MR) is 132 cm³/mol. The number of hydrogen-bond donors (Lipinski definition) is 2. The molecular formula is C24H29ClFN7O2. The molecule has 3 aromatic heterocycles. The summed E-state index contributed by atoms with van der Waals surface area (Å²) < 4.78 is 22.5. The van der Waals surface area contributed by atoms with Crippen molar-refractivity contribution >= 4 is 34.4 Å². The number of carbonyl (C=O) groups is 1. The van der Waals surface area contributed by atoms with Crippen LogP contribution in [0.2, 0.25) is 5.02 Å². The van der Waals surface area contributed by atoms with Gasteiger partial charge in [0.2, 0.25) is 0 Å². The molecular weight excluding hydrogens is 473 g/mol. The molecule has 11 heteroatoms. The molecule has 0 saturated carbocycles. The van der Waals surface area contributed by atoms with Crippen molar-refractivity contribution in [1.82, 2.24) is 30.4 Å². The monoisotopic (exact) mass is 501 g/mol. The van der Waals surface area contributed by atoms with Crippen LogP contribution in [0, 0.1) is 5.82 Å². The minimum absolute atomic E-state index is 0.0189. The number of nitrogens with one attached hydrogen (secondary N) is 2. The van der Waals surface area contributed by atoms with Gasteiger partial charge in [0.1, 0.15) is 0 Å². The highest BCUT2D eigenvalue weighted by Gasteiger charge is 2.34. The zero-order chi connectivity index (χ0) is 24.7. The Labute approximate surface area is 208 Å². The minimum Gasteiger partial charge on any atom is -0.378 e. The van der Waals surface area contributed by atoms with Crippen LogP contribution in [0.5, 0.6) is 0 Å². The van der Waals surface area contributed by atoms with Crippen LogP contribution < -0.4 is 15.5 Å². The molecule has 3 aromatic rings. The Morgan fingerprint density at radius 3 is 2.86 bits per heavy atom. The van der Waals surface area contributed by atoms with E-state index in [1.807, 2.05) is 23.4 Å². The average Bonchev–Trinajstić information content (AvgIpc) is 3.43. The number of rotatable bonds is 6. The lowest BCUT2D eigenvalue weighted by molar-refractivity contribution is 0.0927. The number of aryl methyl sites for hydroxylation is 2. The maximum atomic E-state index is 15.1. The summed E-state index contributed by atoms with van der Waals surface area (Å²) in [5, 5.41) is 15.8. The Hall–Kier alpha value is -2.82. The Morgan fingerprint density at radius 2 is 2.14 bits per heavy atom. The zero-order valence-corrected chi connectivity index (χ0v) is 20.8. The topological polar surface area (TPSA) is 97.2 Å². The first-order chi connectivity index (χ1) is 16.9. The number of likely N-dealkylation sites (N-methyl/N-ethyl adjacent to an activating group) is 1. The number of halogens is 2. The van der Waals surface area contributed by atoms with Crippen molar-refractivity contribution in [1.29, 1.82) is 0 Å². The van der Waals surface area contributed by atoms with E-state index in [1.54, 1.807) is 25.4 Å². The van der Waals surface area contributed by atoms with Gasteiger partial charge < -0.3 is 24.8 Å². The van der Waals surface area contributed by atoms with Gasteiger partial charge in [-0.2, -0.15) is 0 Å². The van der Waals surface area contributed by atoms with Crippen molar-refractivity contribution in [2.75, 3.05) is 32.1 Å². The summed E-state index contributed by atoms with van der Waals surface area (Å²) in [6, 6.07) is 3.20. The van der Waals surface area contributed by atoms with Crippen molar-refractivity contribution in [2.24, 2.45) is 0 Å². The second kappa shape index (κ2) is 9.67. The highest BCUT2D eigenvalue weighted by molar-refractivity contribution is 6.35. The van der Waals surface area contributed by atoms with E-state index in [1.165, 1.54) is 0 Å². The van der Waals surface area contributed by atoms with Gasteiger partial charge in [0, 0.05) is 50.1 Å². The smallest absolute Gasteiger partial charge is 0.272 e. The van der Waals surface area contributed by atoms with Gasteiger partial charge in [-0.25, -0.2) is 9.37 Å². The third kappa shape index (κ3) is 4.46. The summed E-state index contributed by atoms with van der Waals surface area (Å²) in [5.74, 6) is -0.307. The van der Waals surface area contributed by atoms with E-state index < -0.39 is 0 Å². The van der Waals surface area contributed by atoms with Crippen molar-refractivity contribution in [3.63, 3.8) is 0 Å². The number of amides is 1. The molecule has 3 atom stereocenters. The number of carbonyl (C=O) groups excluding carboxylic acids is 1. The molecule has 2 N–H and O–H groups in total. The van der Waals surface area contributed by atoms with Gasteiger partial charge in [-0.3, -0.25) is 4.79 Å². The van der Waals surface area contributed by atoms with E-state index in [0.717, 1.165) is 11.3 Å². The number of fused-ring (bicyclic) bond motifs is 2. The maximum Gasteiger partial charge on any atom is 0.272 e. The largest absolute Gasteiger partial charge is 0.378 e. The first-order valence-electron chi connectivity index (χ1n) is 11.9. The first-order valence-corrected chi connectivity index (χ1v) is 12.3. The van der Waals surface area contributed by atoms with E-state index in [-0.39, 0.29) is 35.6 Å². The van der Waals surface area contributed by atoms with Gasteiger partial charge in [-0.1, -0.05) is 11.6 Å². The molecule has 1 saturated heterocycles. The summed E-state index contributed by atoms with van der Waals surface area (Å²) in [5.41, 5.74) is 2.55. The quantitative estimate of drug-likeness (QED) is 0.535. The standard InChI is InChI=1S/C24H29ClFN7O2/c1-4-32-10-16(25)15-9-19(30-31-22(15)32)24(34)28-14-5-6-18-13(7-14)8-17(26)23(29-18)33-11-20(27-2)21(12-33)35-3/h8-10,14,20-21,27H,4-7,11-12H2,1-3H3,(H,28,34). The fourth-order valence-electron chi connectivity index (χ4n) is 5.09. The van der Waals surface area contributed by atoms with Crippen LogP contribution in [0.4, 0.5) is 10.2 Å². The predicted octanol–water partition coefficient (Wildman–Crippen LogP) is 2.35. The van der Waals surface area contributed by atoms with Gasteiger partial charge >= 0.3 is 0 Å². The lowest BCUT2D eigenvalue weighted by atomic mass is 9.91. The second-order valence-electron chi connectivity index (χ2n) is 9.12. The lowest BCUT2D eigenvalue weighted by Gasteiger charge is -2.27. The van der Waals surface area contributed by atoms with Gasteiger partial charge in [0.15, 0.2) is 23.0 Å². The maximum absolute atomic E-state index is 15.1. The van der Waals surface area contributed by atoms with Crippen LogP contribution in [0.15, 0.2) is 18.3 Å². The third-order valence-corrected chi connectivity index (χ3v) is 7.34. The molecule has 3 unspecified atom stereocenters. The molecule has 9 nitrogen and oxygen atoms in total. The van der Waals surface area contributed by atoms with Gasteiger partial charge in [-0.15, -0.1) is 10.2 Å². The Morgan fingerprint density at radius 1 is 1.31 bits per heavy atom. The SMILES string of the molecule is CCn1cc(Cl)c2cc(C(=O)NC3CCc4nc(N5CC(NC)C(OC)C5)c(F)cc4C3)nnc21. The van der Waals surface area contributed by atoms with Gasteiger partial charge in [-0.05, 0) is 50.9 Å². The second-order valence-corrected chi connectivity index (χ2v) is 9.52. The molecule has 0 aromatic carbocycles. The van der Waals surface area contributed by atoms with Crippen LogP contribution in [0.1, 0.15) is 35.1 Å². The molecule has 1 aliphatic carbocycles. The fourth-order valence-corrected chi connectivity index (χ4v) is 5.34. The number of hydrogen-bond acceptors (Lipinski definition) is 7. The molecule has 4 heterocycles. The van der Waals surface area contributed by atoms with Gasteiger partial charge in [0.25, 0.3) is 5.91 Å². The molecule has 0 radical (unpaired) electrons. The molecule has 0 spiro atoms. The number of anilines is 1. The van der Waals surface area contributed by atoms with Crippen molar-refractivity contribution in [3.8, 4) is 0 Å². The summed E-state index contributed by atoms with van der Waals surface area (Å²) in [4.78, 5) is 19.5. The molecule has 186 valence electrons. The van der Waals surface area contributed by atoms with E-state index >= 15 is 4.39 Å². The molecule has 0 bridgehead atoms. The van der Waals surface area contributed by atoms with Crippen LogP contribution in [0.3, 0.4) is 0 Å². The molecule has 35 heavy (non-hydrogen) atoms. The Bertz CT molecular complexity index is 1250.